The molecule has 1 unspecified atom stereocenters. The van der Waals surface area contributed by atoms with Crippen molar-refractivity contribution in [2.75, 3.05) is 6.54 Å². The smallest absolute Gasteiger partial charge is 0.408 e. The molecule has 0 saturated carbocycles. The Bertz CT molecular complexity index is 806. The molecule has 3 N–H and O–H groups in total. The summed E-state index contributed by atoms with van der Waals surface area (Å²) < 4.78 is 5.18. The SMILES string of the molecule is Cc1cccc(C(C(=O)NC(C)(C)C)N(C(=O)CNC(=O)OC(C)(C)C)C(C)C)c1O. The molecular weight excluding hydrogens is 398 g/mol. The van der Waals surface area contributed by atoms with Crippen LogP contribution in [0.3, 0.4) is 0 Å². The summed E-state index contributed by atoms with van der Waals surface area (Å²) in [6, 6.07) is 3.61. The van der Waals surface area contributed by atoms with Gasteiger partial charge in [0.1, 0.15) is 23.9 Å². The van der Waals surface area contributed by atoms with E-state index in [0.717, 1.165) is 0 Å². The van der Waals surface area contributed by atoms with Crippen molar-refractivity contribution in [3.8, 4) is 5.75 Å². The number of hydrogen-bond acceptors (Lipinski definition) is 5. The zero-order valence-corrected chi connectivity index (χ0v) is 20.1. The van der Waals surface area contributed by atoms with E-state index >= 15 is 0 Å². The summed E-state index contributed by atoms with van der Waals surface area (Å²) in [7, 11) is 0. The molecule has 1 rings (SSSR count). The average molecular weight is 436 g/mol. The number of ether oxygens (including phenoxy) is 1. The lowest BCUT2D eigenvalue weighted by Crippen LogP contribution is -2.53. The monoisotopic (exact) mass is 435 g/mol. The molecule has 1 aromatic carbocycles. The molecule has 0 aliphatic carbocycles. The van der Waals surface area contributed by atoms with Crippen LogP contribution >= 0.6 is 0 Å². The maximum absolute atomic E-state index is 13.3. The van der Waals surface area contributed by atoms with Gasteiger partial charge in [0.15, 0.2) is 0 Å². The molecule has 31 heavy (non-hydrogen) atoms. The highest BCUT2D eigenvalue weighted by Gasteiger charge is 2.36. The highest BCUT2D eigenvalue weighted by Crippen LogP contribution is 2.33. The molecule has 0 bridgehead atoms. The average Bonchev–Trinajstić information content (AvgIpc) is 2.57. The first-order valence-electron chi connectivity index (χ1n) is 10.4. The molecule has 0 spiro atoms. The lowest BCUT2D eigenvalue weighted by atomic mass is 9.97. The van der Waals surface area contributed by atoms with E-state index in [1.54, 1.807) is 59.7 Å². The Hall–Kier alpha value is -2.77. The topological polar surface area (TPSA) is 108 Å². The maximum Gasteiger partial charge on any atom is 0.408 e. The van der Waals surface area contributed by atoms with Gasteiger partial charge in [0.25, 0.3) is 0 Å². The Morgan fingerprint density at radius 3 is 2.16 bits per heavy atom. The first kappa shape index (κ1) is 26.3. The fourth-order valence-electron chi connectivity index (χ4n) is 3.04. The van der Waals surface area contributed by atoms with Crippen LogP contribution in [0.2, 0.25) is 0 Å². The van der Waals surface area contributed by atoms with Crippen LogP contribution < -0.4 is 10.6 Å². The second-order valence-electron chi connectivity index (χ2n) is 9.90. The lowest BCUT2D eigenvalue weighted by Gasteiger charge is -2.36. The molecule has 174 valence electrons. The largest absolute Gasteiger partial charge is 0.507 e. The number of carbonyl (C=O) groups is 3. The molecule has 0 fully saturated rings. The fraction of sp³-hybridized carbons (Fsp3) is 0.609. The minimum atomic E-state index is -1.08. The Labute approximate surface area is 185 Å². The van der Waals surface area contributed by atoms with Gasteiger partial charge in [0.2, 0.25) is 11.8 Å². The molecule has 1 atom stereocenters. The van der Waals surface area contributed by atoms with Gasteiger partial charge in [-0.1, -0.05) is 18.2 Å². The summed E-state index contributed by atoms with van der Waals surface area (Å²) in [6.45, 7) is 15.6. The van der Waals surface area contributed by atoms with E-state index in [9.17, 15) is 19.5 Å². The second kappa shape index (κ2) is 10.0. The summed E-state index contributed by atoms with van der Waals surface area (Å²) >= 11 is 0. The van der Waals surface area contributed by atoms with Crippen LogP contribution in [0.5, 0.6) is 5.75 Å². The minimum absolute atomic E-state index is 0.0462. The summed E-state index contributed by atoms with van der Waals surface area (Å²) in [5, 5.41) is 16.0. The molecule has 3 amide bonds. The van der Waals surface area contributed by atoms with Crippen LogP contribution in [0.15, 0.2) is 18.2 Å². The standard InChI is InChI=1S/C23H37N3O5/c1-14(2)26(17(27)13-24-21(30)31-23(7,8)9)18(20(29)25-22(4,5)6)16-12-10-11-15(3)19(16)28/h10-12,14,18,28H,13H2,1-9H3,(H,24,30)(H,25,29). The van der Waals surface area contributed by atoms with E-state index in [4.69, 9.17) is 4.74 Å². The zero-order valence-electron chi connectivity index (χ0n) is 20.1. The zero-order chi connectivity index (χ0) is 24.1. The summed E-state index contributed by atoms with van der Waals surface area (Å²) in [6.07, 6.45) is -0.723. The number of carbonyl (C=O) groups excluding carboxylic acids is 3. The van der Waals surface area contributed by atoms with Crippen LogP contribution in [0.25, 0.3) is 0 Å². The van der Waals surface area contributed by atoms with Gasteiger partial charge in [-0.15, -0.1) is 0 Å². The van der Waals surface area contributed by atoms with Crippen LogP contribution in [0.4, 0.5) is 4.79 Å². The first-order valence-corrected chi connectivity index (χ1v) is 10.4. The number of nitrogens with one attached hydrogen (secondary N) is 2. The number of benzene rings is 1. The Kier molecular flexibility index (Phi) is 8.49. The molecule has 8 heteroatoms. The van der Waals surface area contributed by atoms with Gasteiger partial charge in [-0.2, -0.15) is 0 Å². The number of amides is 3. The normalized spacial score (nSPS) is 12.8. The summed E-state index contributed by atoms with van der Waals surface area (Å²) in [5.41, 5.74) is -0.335. The predicted octanol–water partition coefficient (Wildman–Crippen LogP) is 3.42. The van der Waals surface area contributed by atoms with Gasteiger partial charge in [-0.25, -0.2) is 4.79 Å². The third-order valence-electron chi connectivity index (χ3n) is 4.22. The van der Waals surface area contributed by atoms with Gasteiger partial charge in [-0.3, -0.25) is 9.59 Å². The highest BCUT2D eigenvalue weighted by atomic mass is 16.6. The van der Waals surface area contributed by atoms with Gasteiger partial charge in [-0.05, 0) is 67.9 Å². The van der Waals surface area contributed by atoms with Crippen molar-refractivity contribution in [1.82, 2.24) is 15.5 Å². The molecule has 0 aliphatic heterocycles. The van der Waals surface area contributed by atoms with Gasteiger partial charge < -0.3 is 25.4 Å². The molecular formula is C23H37N3O5. The lowest BCUT2D eigenvalue weighted by molar-refractivity contribution is -0.143. The van der Waals surface area contributed by atoms with Crippen molar-refractivity contribution < 1.29 is 24.2 Å². The highest BCUT2D eigenvalue weighted by molar-refractivity contribution is 5.91. The third-order valence-corrected chi connectivity index (χ3v) is 4.22. The molecule has 0 saturated heterocycles. The van der Waals surface area contributed by atoms with Crippen molar-refractivity contribution in [2.45, 2.75) is 85.5 Å². The number of hydrogen-bond donors (Lipinski definition) is 3. The van der Waals surface area contributed by atoms with Crippen molar-refractivity contribution in [1.29, 1.82) is 0 Å². The first-order chi connectivity index (χ1) is 14.0. The van der Waals surface area contributed by atoms with E-state index < -0.39 is 35.1 Å². The van der Waals surface area contributed by atoms with E-state index in [2.05, 4.69) is 10.6 Å². The number of rotatable bonds is 6. The van der Waals surface area contributed by atoms with Crippen molar-refractivity contribution in [3.05, 3.63) is 29.3 Å². The number of alkyl carbamates (subject to hydrolysis) is 1. The number of phenols is 1. The number of nitrogens with zero attached hydrogens (tertiary/aromatic N) is 1. The van der Waals surface area contributed by atoms with Crippen LogP contribution in [-0.2, 0) is 14.3 Å². The fourth-order valence-corrected chi connectivity index (χ4v) is 3.04. The Balaban J connectivity index is 3.30. The van der Waals surface area contributed by atoms with Gasteiger partial charge in [0.05, 0.1) is 0 Å². The third kappa shape index (κ3) is 8.11. The Morgan fingerprint density at radius 1 is 1.10 bits per heavy atom. The molecule has 0 aliphatic rings. The van der Waals surface area contributed by atoms with E-state index in [-0.39, 0.29) is 18.3 Å². The molecule has 0 aromatic heterocycles. The van der Waals surface area contributed by atoms with Crippen molar-refractivity contribution in [2.24, 2.45) is 0 Å². The quantitative estimate of drug-likeness (QED) is 0.635. The number of para-hydroxylation sites is 1. The summed E-state index contributed by atoms with van der Waals surface area (Å²) in [5.74, 6) is -0.946. The van der Waals surface area contributed by atoms with Crippen LogP contribution in [0.1, 0.15) is 72.6 Å². The van der Waals surface area contributed by atoms with E-state index in [1.807, 2.05) is 20.8 Å². The summed E-state index contributed by atoms with van der Waals surface area (Å²) in [4.78, 5) is 39.8. The number of aryl methyl sites for hydroxylation is 1. The minimum Gasteiger partial charge on any atom is -0.507 e. The van der Waals surface area contributed by atoms with Crippen LogP contribution in [0, 0.1) is 6.92 Å². The van der Waals surface area contributed by atoms with Crippen molar-refractivity contribution in [3.63, 3.8) is 0 Å². The Morgan fingerprint density at radius 2 is 1.68 bits per heavy atom. The van der Waals surface area contributed by atoms with E-state index in [1.165, 1.54) is 4.90 Å². The predicted molar refractivity (Wildman–Crippen MR) is 120 cm³/mol. The molecule has 0 heterocycles. The molecule has 8 nitrogen and oxygen atoms in total. The van der Waals surface area contributed by atoms with Gasteiger partial charge in [0, 0.05) is 17.1 Å². The number of phenolic OH excluding ortho intramolecular Hbond substituents is 1. The molecule has 1 aromatic rings. The maximum atomic E-state index is 13.3. The van der Waals surface area contributed by atoms with Gasteiger partial charge >= 0.3 is 6.09 Å². The number of aromatic hydroxyl groups is 1. The second-order valence-corrected chi connectivity index (χ2v) is 9.90. The molecule has 0 radical (unpaired) electrons. The van der Waals surface area contributed by atoms with Crippen molar-refractivity contribution >= 4 is 17.9 Å². The van der Waals surface area contributed by atoms with E-state index in [0.29, 0.717) is 11.1 Å². The van der Waals surface area contributed by atoms with Crippen LogP contribution in [-0.4, -0.2) is 51.6 Å².